The number of hydrogen-bond donors (Lipinski definition) is 1. The number of aromatic nitrogens is 3. The zero-order chi connectivity index (χ0) is 12.9. The van der Waals surface area contributed by atoms with E-state index in [0.29, 0.717) is 5.88 Å². The molecule has 2 aromatic rings. The normalized spacial score (nSPS) is 16.2. The Morgan fingerprint density at radius 2 is 1.79 bits per heavy atom. The molecule has 0 amide bonds. The molecular formula is C14H16N4O. The second-order valence-corrected chi connectivity index (χ2v) is 4.58. The maximum atomic E-state index is 5.86. The lowest BCUT2D eigenvalue weighted by atomic mass is 10.1. The average molecular weight is 256 g/mol. The van der Waals surface area contributed by atoms with Gasteiger partial charge in [-0.05, 0) is 32.0 Å². The number of nitrogens with one attached hydrogen (secondary N) is 1. The number of ether oxygens (including phenoxy) is 1. The van der Waals surface area contributed by atoms with Crippen molar-refractivity contribution < 1.29 is 4.74 Å². The predicted molar refractivity (Wildman–Crippen MR) is 71.8 cm³/mol. The van der Waals surface area contributed by atoms with Crippen molar-refractivity contribution in [1.29, 1.82) is 0 Å². The second kappa shape index (κ2) is 5.75. The third kappa shape index (κ3) is 3.06. The highest BCUT2D eigenvalue weighted by molar-refractivity contribution is 5.60. The van der Waals surface area contributed by atoms with E-state index in [-0.39, 0.29) is 6.10 Å². The minimum atomic E-state index is 0.277. The van der Waals surface area contributed by atoms with Crippen molar-refractivity contribution >= 4 is 0 Å². The summed E-state index contributed by atoms with van der Waals surface area (Å²) in [5.41, 5.74) is 1.96. The molecule has 0 atom stereocenters. The van der Waals surface area contributed by atoms with E-state index in [1.165, 1.54) is 6.33 Å². The summed E-state index contributed by atoms with van der Waals surface area (Å²) in [6, 6.07) is 3.90. The van der Waals surface area contributed by atoms with Gasteiger partial charge in [-0.3, -0.25) is 0 Å². The molecule has 98 valence electrons. The van der Waals surface area contributed by atoms with Crippen LogP contribution in [-0.2, 0) is 0 Å². The minimum absolute atomic E-state index is 0.277. The van der Waals surface area contributed by atoms with Crippen LogP contribution in [0.2, 0.25) is 0 Å². The van der Waals surface area contributed by atoms with Crippen molar-refractivity contribution in [2.75, 3.05) is 13.1 Å². The highest BCUT2D eigenvalue weighted by Crippen LogP contribution is 2.20. The molecule has 1 fully saturated rings. The first-order chi connectivity index (χ1) is 9.42. The molecule has 5 nitrogen and oxygen atoms in total. The van der Waals surface area contributed by atoms with Crippen molar-refractivity contribution in [2.45, 2.75) is 18.9 Å². The van der Waals surface area contributed by atoms with Gasteiger partial charge in [-0.2, -0.15) is 0 Å². The molecule has 0 aliphatic carbocycles. The molecule has 19 heavy (non-hydrogen) atoms. The number of hydrogen-bond acceptors (Lipinski definition) is 5. The first kappa shape index (κ1) is 12.0. The average Bonchev–Trinajstić information content (AvgIpc) is 2.50. The van der Waals surface area contributed by atoms with E-state index >= 15 is 0 Å². The summed E-state index contributed by atoms with van der Waals surface area (Å²) in [6.07, 6.45) is 9.22. The van der Waals surface area contributed by atoms with Gasteiger partial charge in [0.1, 0.15) is 12.4 Å². The molecule has 1 aliphatic rings. The Kier molecular flexibility index (Phi) is 3.65. The third-order valence-electron chi connectivity index (χ3n) is 3.20. The van der Waals surface area contributed by atoms with Crippen LogP contribution in [0, 0.1) is 0 Å². The van der Waals surface area contributed by atoms with Gasteiger partial charge in [-0.15, -0.1) is 0 Å². The van der Waals surface area contributed by atoms with Gasteiger partial charge in [0, 0.05) is 35.8 Å². The van der Waals surface area contributed by atoms with E-state index in [0.717, 1.165) is 37.1 Å². The van der Waals surface area contributed by atoms with E-state index in [1.807, 2.05) is 12.1 Å². The Morgan fingerprint density at radius 1 is 1.00 bits per heavy atom. The number of nitrogens with zero attached hydrogens (tertiary/aromatic N) is 3. The van der Waals surface area contributed by atoms with Gasteiger partial charge >= 0.3 is 0 Å². The maximum absolute atomic E-state index is 5.86. The molecule has 2 aromatic heterocycles. The van der Waals surface area contributed by atoms with Crippen molar-refractivity contribution in [2.24, 2.45) is 0 Å². The van der Waals surface area contributed by atoms with Gasteiger partial charge in [0.2, 0.25) is 5.88 Å². The number of rotatable bonds is 3. The fraction of sp³-hybridized carbons (Fsp3) is 0.357. The summed E-state index contributed by atoms with van der Waals surface area (Å²) in [4.78, 5) is 12.4. The van der Waals surface area contributed by atoms with E-state index in [1.54, 1.807) is 18.6 Å². The van der Waals surface area contributed by atoms with Crippen LogP contribution < -0.4 is 10.1 Å². The van der Waals surface area contributed by atoms with Gasteiger partial charge in [-0.1, -0.05) is 0 Å². The van der Waals surface area contributed by atoms with Crippen LogP contribution in [0.3, 0.4) is 0 Å². The molecule has 0 radical (unpaired) electrons. The lowest BCUT2D eigenvalue weighted by Gasteiger charge is -2.23. The van der Waals surface area contributed by atoms with Gasteiger partial charge in [-0.25, -0.2) is 15.0 Å². The van der Waals surface area contributed by atoms with Gasteiger partial charge in [0.15, 0.2) is 0 Å². The third-order valence-corrected chi connectivity index (χ3v) is 3.20. The monoisotopic (exact) mass is 256 g/mol. The quantitative estimate of drug-likeness (QED) is 0.905. The smallest absolute Gasteiger partial charge is 0.213 e. The van der Waals surface area contributed by atoms with Gasteiger partial charge in [0.05, 0.1) is 0 Å². The standard InChI is InChI=1S/C14H16N4O/c1-2-14(19-13-3-5-15-6-4-13)18-9-11(1)12-7-16-10-17-8-12/h1-2,7-10,13,15H,3-6H2. The molecule has 0 saturated carbocycles. The number of piperidine rings is 1. The summed E-state index contributed by atoms with van der Waals surface area (Å²) < 4.78 is 5.86. The molecular weight excluding hydrogens is 240 g/mol. The van der Waals surface area contributed by atoms with E-state index in [9.17, 15) is 0 Å². The van der Waals surface area contributed by atoms with Crippen LogP contribution in [0.15, 0.2) is 37.1 Å². The minimum Gasteiger partial charge on any atom is -0.474 e. The zero-order valence-electron chi connectivity index (χ0n) is 10.6. The molecule has 1 N–H and O–H groups in total. The van der Waals surface area contributed by atoms with Crippen LogP contribution in [0.25, 0.3) is 11.1 Å². The zero-order valence-corrected chi connectivity index (χ0v) is 10.6. The summed E-state index contributed by atoms with van der Waals surface area (Å²) in [6.45, 7) is 2.04. The van der Waals surface area contributed by atoms with Crippen LogP contribution in [0.5, 0.6) is 5.88 Å². The highest BCUT2D eigenvalue weighted by Gasteiger charge is 2.14. The van der Waals surface area contributed by atoms with Crippen LogP contribution >= 0.6 is 0 Å². The lowest BCUT2D eigenvalue weighted by Crippen LogP contribution is -2.34. The predicted octanol–water partition coefficient (Wildman–Crippen LogP) is 1.67. The molecule has 1 saturated heterocycles. The van der Waals surface area contributed by atoms with Crippen LogP contribution in [-0.4, -0.2) is 34.1 Å². The number of pyridine rings is 1. The summed E-state index contributed by atoms with van der Waals surface area (Å²) >= 11 is 0. The van der Waals surface area contributed by atoms with Crippen LogP contribution in [0.1, 0.15) is 12.8 Å². The van der Waals surface area contributed by atoms with Gasteiger partial charge in [0.25, 0.3) is 0 Å². The second-order valence-electron chi connectivity index (χ2n) is 4.58. The SMILES string of the molecule is c1ncc(-c2ccc(OC3CCNCC3)nc2)cn1. The first-order valence-corrected chi connectivity index (χ1v) is 6.50. The first-order valence-electron chi connectivity index (χ1n) is 6.50. The van der Waals surface area contributed by atoms with E-state index in [4.69, 9.17) is 4.74 Å². The lowest BCUT2D eigenvalue weighted by molar-refractivity contribution is 0.156. The fourth-order valence-corrected chi connectivity index (χ4v) is 2.15. The Hall–Kier alpha value is -2.01. The Morgan fingerprint density at radius 3 is 2.47 bits per heavy atom. The van der Waals surface area contributed by atoms with Crippen molar-refractivity contribution in [1.82, 2.24) is 20.3 Å². The molecule has 5 heteroatoms. The maximum Gasteiger partial charge on any atom is 0.213 e. The van der Waals surface area contributed by atoms with Gasteiger partial charge < -0.3 is 10.1 Å². The topological polar surface area (TPSA) is 59.9 Å². The van der Waals surface area contributed by atoms with Crippen LogP contribution in [0.4, 0.5) is 0 Å². The molecule has 1 aliphatic heterocycles. The largest absolute Gasteiger partial charge is 0.474 e. The molecule has 3 rings (SSSR count). The van der Waals surface area contributed by atoms with Crippen molar-refractivity contribution in [3.63, 3.8) is 0 Å². The van der Waals surface area contributed by atoms with E-state index in [2.05, 4.69) is 20.3 Å². The Balaban J connectivity index is 1.68. The highest BCUT2D eigenvalue weighted by atomic mass is 16.5. The molecule has 3 heterocycles. The van der Waals surface area contributed by atoms with Crippen molar-refractivity contribution in [3.8, 4) is 17.0 Å². The van der Waals surface area contributed by atoms with Crippen molar-refractivity contribution in [3.05, 3.63) is 37.1 Å². The Bertz CT molecular complexity index is 509. The van der Waals surface area contributed by atoms with E-state index < -0.39 is 0 Å². The molecule has 0 bridgehead atoms. The molecule has 0 aromatic carbocycles. The molecule has 0 unspecified atom stereocenters. The fourth-order valence-electron chi connectivity index (χ4n) is 2.15. The molecule has 0 spiro atoms. The summed E-state index contributed by atoms with van der Waals surface area (Å²) in [5, 5.41) is 3.32. The summed E-state index contributed by atoms with van der Waals surface area (Å²) in [7, 11) is 0. The summed E-state index contributed by atoms with van der Waals surface area (Å²) in [5.74, 6) is 0.687. The Labute approximate surface area is 112 Å².